The molecule has 0 atom stereocenters. The Balaban J connectivity index is 2.02. The second-order valence-electron chi connectivity index (χ2n) is 5.50. The van der Waals surface area contributed by atoms with Gasteiger partial charge in [-0.2, -0.15) is 0 Å². The number of pyridine rings is 1. The number of unbranched alkanes of at least 4 members (excludes halogenated alkanes) is 1. The summed E-state index contributed by atoms with van der Waals surface area (Å²) in [5, 5.41) is 2.88. The number of carbonyl (C=O) groups is 1. The molecule has 6 heteroatoms. The van der Waals surface area contributed by atoms with Crippen molar-refractivity contribution in [2.24, 2.45) is 5.73 Å². The Labute approximate surface area is 148 Å². The topological polar surface area (TPSA) is 86.5 Å². The molecular formula is C19H25N3O3. The molecule has 0 saturated carbocycles. The summed E-state index contributed by atoms with van der Waals surface area (Å²) in [5.74, 6) is 1.03. The summed E-state index contributed by atoms with van der Waals surface area (Å²) in [6, 6.07) is 9.01. The fraction of sp³-hybridized carbons (Fsp3) is 0.368. The summed E-state index contributed by atoms with van der Waals surface area (Å²) < 4.78 is 11.4. The van der Waals surface area contributed by atoms with Gasteiger partial charge in [-0.15, -0.1) is 0 Å². The molecule has 0 unspecified atom stereocenters. The second kappa shape index (κ2) is 10.3. The van der Waals surface area contributed by atoms with E-state index in [0.717, 1.165) is 18.4 Å². The quantitative estimate of drug-likeness (QED) is 0.647. The number of amides is 1. The van der Waals surface area contributed by atoms with Crippen molar-refractivity contribution < 1.29 is 14.3 Å². The molecular weight excluding hydrogens is 318 g/mol. The van der Waals surface area contributed by atoms with Crippen LogP contribution in [-0.2, 0) is 6.61 Å². The van der Waals surface area contributed by atoms with Gasteiger partial charge in [0.1, 0.15) is 6.61 Å². The van der Waals surface area contributed by atoms with Crippen LogP contribution in [-0.4, -0.2) is 30.6 Å². The number of hydrogen-bond acceptors (Lipinski definition) is 5. The molecule has 1 amide bonds. The maximum Gasteiger partial charge on any atom is 0.251 e. The number of nitrogens with zero attached hydrogens (tertiary/aromatic N) is 1. The van der Waals surface area contributed by atoms with Crippen LogP contribution < -0.4 is 20.5 Å². The molecule has 0 aliphatic carbocycles. The Hall–Kier alpha value is -2.60. The average molecular weight is 343 g/mol. The predicted octanol–water partition coefficient (Wildman–Crippen LogP) is 2.53. The molecule has 2 rings (SSSR count). The monoisotopic (exact) mass is 343 g/mol. The average Bonchev–Trinajstić information content (AvgIpc) is 2.65. The summed E-state index contributed by atoms with van der Waals surface area (Å²) in [5.41, 5.74) is 6.96. The third-order valence-corrected chi connectivity index (χ3v) is 3.54. The number of rotatable bonds is 10. The number of aromatic nitrogens is 1. The van der Waals surface area contributed by atoms with E-state index in [1.54, 1.807) is 30.6 Å². The fourth-order valence-electron chi connectivity index (χ4n) is 2.25. The lowest BCUT2D eigenvalue weighted by atomic mass is 10.2. The maximum atomic E-state index is 12.2. The standard InChI is InChI=1S/C19H25N3O3/c1-2-24-18-12-16(19(23)22-11-4-3-9-20)7-8-17(18)25-14-15-6-5-10-21-13-15/h5-8,10,12-13H,2-4,9,11,14,20H2,1H3,(H,22,23). The molecule has 3 N–H and O–H groups in total. The van der Waals surface area contributed by atoms with Crippen molar-refractivity contribution in [3.63, 3.8) is 0 Å². The number of carbonyl (C=O) groups excluding carboxylic acids is 1. The van der Waals surface area contributed by atoms with Gasteiger partial charge < -0.3 is 20.5 Å². The SMILES string of the molecule is CCOc1cc(C(=O)NCCCCN)ccc1OCc1cccnc1. The van der Waals surface area contributed by atoms with E-state index < -0.39 is 0 Å². The Kier molecular flexibility index (Phi) is 7.72. The maximum absolute atomic E-state index is 12.2. The van der Waals surface area contributed by atoms with Crippen molar-refractivity contribution in [1.29, 1.82) is 0 Å². The van der Waals surface area contributed by atoms with Crippen LogP contribution in [0.3, 0.4) is 0 Å². The van der Waals surface area contributed by atoms with Crippen LogP contribution in [0.1, 0.15) is 35.7 Å². The molecule has 0 spiro atoms. The first kappa shape index (κ1) is 18.7. The molecule has 0 radical (unpaired) electrons. The Morgan fingerprint density at radius 3 is 2.80 bits per heavy atom. The van der Waals surface area contributed by atoms with Crippen LogP contribution in [0.5, 0.6) is 11.5 Å². The van der Waals surface area contributed by atoms with Gasteiger partial charge in [0.05, 0.1) is 6.61 Å². The third-order valence-electron chi connectivity index (χ3n) is 3.54. The van der Waals surface area contributed by atoms with Crippen LogP contribution in [0.25, 0.3) is 0 Å². The van der Waals surface area contributed by atoms with Crippen molar-refractivity contribution in [3.05, 3.63) is 53.9 Å². The van der Waals surface area contributed by atoms with Crippen LogP contribution in [0.4, 0.5) is 0 Å². The van der Waals surface area contributed by atoms with E-state index >= 15 is 0 Å². The van der Waals surface area contributed by atoms with Gasteiger partial charge in [-0.3, -0.25) is 9.78 Å². The Morgan fingerprint density at radius 2 is 2.08 bits per heavy atom. The first-order chi connectivity index (χ1) is 12.2. The molecule has 0 aliphatic rings. The molecule has 1 aromatic carbocycles. The van der Waals surface area contributed by atoms with E-state index in [1.807, 2.05) is 19.1 Å². The van der Waals surface area contributed by atoms with Crippen molar-refractivity contribution >= 4 is 5.91 Å². The highest BCUT2D eigenvalue weighted by molar-refractivity contribution is 5.94. The zero-order valence-corrected chi connectivity index (χ0v) is 14.5. The summed E-state index contributed by atoms with van der Waals surface area (Å²) in [7, 11) is 0. The minimum absolute atomic E-state index is 0.128. The number of nitrogens with two attached hydrogens (primary N) is 1. The van der Waals surface area contributed by atoms with E-state index in [4.69, 9.17) is 15.2 Å². The van der Waals surface area contributed by atoms with Crippen LogP contribution in [0.15, 0.2) is 42.7 Å². The fourth-order valence-corrected chi connectivity index (χ4v) is 2.25. The normalized spacial score (nSPS) is 10.3. The molecule has 0 saturated heterocycles. The van der Waals surface area contributed by atoms with Gasteiger partial charge in [0.2, 0.25) is 0 Å². The van der Waals surface area contributed by atoms with Gasteiger partial charge in [-0.05, 0) is 50.6 Å². The van der Waals surface area contributed by atoms with Gasteiger partial charge in [-0.25, -0.2) is 0 Å². The van der Waals surface area contributed by atoms with Gasteiger partial charge in [0.25, 0.3) is 5.91 Å². The third kappa shape index (κ3) is 6.08. The predicted molar refractivity (Wildman–Crippen MR) is 96.8 cm³/mol. The number of ether oxygens (including phenoxy) is 2. The summed E-state index contributed by atoms with van der Waals surface area (Å²) >= 11 is 0. The van der Waals surface area contributed by atoms with Crippen LogP contribution in [0, 0.1) is 0 Å². The smallest absolute Gasteiger partial charge is 0.251 e. The number of hydrogen-bond donors (Lipinski definition) is 2. The Morgan fingerprint density at radius 1 is 1.20 bits per heavy atom. The molecule has 134 valence electrons. The summed E-state index contributed by atoms with van der Waals surface area (Å²) in [6.07, 6.45) is 5.23. The van der Waals surface area contributed by atoms with Crippen molar-refractivity contribution in [3.8, 4) is 11.5 Å². The highest BCUT2D eigenvalue weighted by Gasteiger charge is 2.11. The zero-order chi connectivity index (χ0) is 17.9. The molecule has 2 aromatic rings. The zero-order valence-electron chi connectivity index (χ0n) is 14.5. The first-order valence-corrected chi connectivity index (χ1v) is 8.51. The molecule has 0 fully saturated rings. The van der Waals surface area contributed by atoms with E-state index in [2.05, 4.69) is 10.3 Å². The summed E-state index contributed by atoms with van der Waals surface area (Å²) in [4.78, 5) is 16.3. The minimum Gasteiger partial charge on any atom is -0.490 e. The minimum atomic E-state index is -0.128. The van der Waals surface area contributed by atoms with Gasteiger partial charge >= 0.3 is 0 Å². The Bertz CT molecular complexity index is 662. The largest absolute Gasteiger partial charge is 0.490 e. The molecule has 0 aliphatic heterocycles. The van der Waals surface area contributed by atoms with Gasteiger partial charge in [-0.1, -0.05) is 6.07 Å². The van der Waals surface area contributed by atoms with E-state index in [1.165, 1.54) is 0 Å². The van der Waals surface area contributed by atoms with Crippen molar-refractivity contribution in [2.45, 2.75) is 26.4 Å². The van der Waals surface area contributed by atoms with E-state index in [0.29, 0.717) is 43.4 Å². The molecule has 1 heterocycles. The van der Waals surface area contributed by atoms with Crippen LogP contribution >= 0.6 is 0 Å². The molecule has 6 nitrogen and oxygen atoms in total. The molecule has 0 bridgehead atoms. The molecule has 25 heavy (non-hydrogen) atoms. The highest BCUT2D eigenvalue weighted by atomic mass is 16.5. The van der Waals surface area contributed by atoms with Crippen molar-refractivity contribution in [1.82, 2.24) is 10.3 Å². The van der Waals surface area contributed by atoms with Gasteiger partial charge in [0, 0.05) is 30.1 Å². The lowest BCUT2D eigenvalue weighted by Gasteiger charge is -2.13. The summed E-state index contributed by atoms with van der Waals surface area (Å²) in [6.45, 7) is 4.01. The van der Waals surface area contributed by atoms with Crippen LogP contribution in [0.2, 0.25) is 0 Å². The highest BCUT2D eigenvalue weighted by Crippen LogP contribution is 2.29. The van der Waals surface area contributed by atoms with Crippen molar-refractivity contribution in [2.75, 3.05) is 19.7 Å². The first-order valence-electron chi connectivity index (χ1n) is 8.51. The number of benzene rings is 1. The van der Waals surface area contributed by atoms with Gasteiger partial charge in [0.15, 0.2) is 11.5 Å². The van der Waals surface area contributed by atoms with E-state index in [-0.39, 0.29) is 5.91 Å². The molecule has 1 aromatic heterocycles. The second-order valence-corrected chi connectivity index (χ2v) is 5.50. The lowest BCUT2D eigenvalue weighted by Crippen LogP contribution is -2.24. The lowest BCUT2D eigenvalue weighted by molar-refractivity contribution is 0.0952. The van der Waals surface area contributed by atoms with E-state index in [9.17, 15) is 4.79 Å². The number of nitrogens with one attached hydrogen (secondary N) is 1.